The summed E-state index contributed by atoms with van der Waals surface area (Å²) in [5.74, 6) is 4.15. The van der Waals surface area contributed by atoms with Crippen molar-refractivity contribution in [3.63, 3.8) is 0 Å². The Morgan fingerprint density at radius 2 is 2.12 bits per heavy atom. The maximum Gasteiger partial charge on any atom is 0.147 e. The zero-order chi connectivity index (χ0) is 12.4. The van der Waals surface area contributed by atoms with Crippen LogP contribution >= 0.6 is 39.3 Å². The molecule has 0 unspecified atom stereocenters. The van der Waals surface area contributed by atoms with Crippen molar-refractivity contribution in [3.8, 4) is 0 Å². The molecule has 0 aliphatic heterocycles. The van der Waals surface area contributed by atoms with Gasteiger partial charge in [-0.15, -0.1) is 0 Å². The van der Waals surface area contributed by atoms with Crippen molar-refractivity contribution in [2.24, 2.45) is 5.92 Å². The number of hydrogen-bond donors (Lipinski definition) is 0. The van der Waals surface area contributed by atoms with E-state index in [0.29, 0.717) is 17.0 Å². The monoisotopic (exact) mass is 334 g/mol. The van der Waals surface area contributed by atoms with Crippen LogP contribution in [0.15, 0.2) is 4.47 Å². The molecule has 1 aliphatic rings. The zero-order valence-electron chi connectivity index (χ0n) is 10.0. The average Bonchev–Trinajstić information content (AvgIpc) is 3.06. The molecule has 1 saturated carbocycles. The predicted molar refractivity (Wildman–Crippen MR) is 77.7 cm³/mol. The van der Waals surface area contributed by atoms with Crippen LogP contribution in [0.3, 0.4) is 0 Å². The molecule has 0 amide bonds. The quantitative estimate of drug-likeness (QED) is 0.732. The summed E-state index contributed by atoms with van der Waals surface area (Å²) in [6.45, 7) is 4.44. The number of halogens is 2. The molecule has 0 saturated heterocycles. The molecule has 2 rings (SSSR count). The van der Waals surface area contributed by atoms with Gasteiger partial charge in [-0.3, -0.25) is 0 Å². The van der Waals surface area contributed by atoms with Crippen molar-refractivity contribution in [1.29, 1.82) is 0 Å². The smallest absolute Gasteiger partial charge is 0.147 e. The standard InChI is InChI=1S/C12H16BrClN2S/c1-7(2)5-17-6-9-15-11(8-3-4-8)10(13)12(14)16-9/h7-8H,3-6H2,1-2H3. The van der Waals surface area contributed by atoms with Gasteiger partial charge in [-0.05, 0) is 40.4 Å². The Bertz CT molecular complexity index is 408. The van der Waals surface area contributed by atoms with Crippen molar-refractivity contribution < 1.29 is 0 Å². The lowest BCUT2D eigenvalue weighted by Gasteiger charge is -2.08. The lowest BCUT2D eigenvalue weighted by Crippen LogP contribution is -2.01. The zero-order valence-corrected chi connectivity index (χ0v) is 13.2. The Balaban J connectivity index is 2.07. The van der Waals surface area contributed by atoms with E-state index < -0.39 is 0 Å². The Kier molecular flexibility index (Phi) is 4.72. The molecule has 0 spiro atoms. The Morgan fingerprint density at radius 3 is 2.71 bits per heavy atom. The molecule has 1 aromatic rings. The molecule has 2 nitrogen and oxygen atoms in total. The van der Waals surface area contributed by atoms with E-state index in [1.54, 1.807) is 0 Å². The highest BCUT2D eigenvalue weighted by Crippen LogP contribution is 2.43. The summed E-state index contributed by atoms with van der Waals surface area (Å²) in [7, 11) is 0. The summed E-state index contributed by atoms with van der Waals surface area (Å²) in [4.78, 5) is 8.96. The average molecular weight is 336 g/mol. The molecule has 0 atom stereocenters. The van der Waals surface area contributed by atoms with E-state index >= 15 is 0 Å². The first-order valence-electron chi connectivity index (χ1n) is 5.87. The predicted octanol–water partition coefficient (Wildman–Crippen LogP) is 4.66. The maximum atomic E-state index is 6.13. The van der Waals surface area contributed by atoms with Crippen molar-refractivity contribution >= 4 is 39.3 Å². The van der Waals surface area contributed by atoms with Gasteiger partial charge < -0.3 is 0 Å². The fourth-order valence-corrected chi connectivity index (χ4v) is 3.16. The fraction of sp³-hybridized carbons (Fsp3) is 0.667. The third-order valence-corrected chi connectivity index (χ3v) is 5.18. The minimum atomic E-state index is 0.557. The number of rotatable bonds is 5. The molecule has 1 fully saturated rings. The van der Waals surface area contributed by atoms with Crippen LogP contribution in [0.4, 0.5) is 0 Å². The summed E-state index contributed by atoms with van der Waals surface area (Å²) < 4.78 is 0.888. The van der Waals surface area contributed by atoms with Crippen LogP contribution in [0.25, 0.3) is 0 Å². The lowest BCUT2D eigenvalue weighted by molar-refractivity contribution is 0.749. The van der Waals surface area contributed by atoms with E-state index in [2.05, 4.69) is 39.7 Å². The highest BCUT2D eigenvalue weighted by atomic mass is 79.9. The van der Waals surface area contributed by atoms with Gasteiger partial charge in [-0.2, -0.15) is 11.8 Å². The van der Waals surface area contributed by atoms with Gasteiger partial charge in [-0.1, -0.05) is 25.4 Å². The summed E-state index contributed by atoms with van der Waals surface area (Å²) in [6, 6.07) is 0. The van der Waals surface area contributed by atoms with Gasteiger partial charge in [0.2, 0.25) is 0 Å². The number of hydrogen-bond acceptors (Lipinski definition) is 3. The lowest BCUT2D eigenvalue weighted by atomic mass is 10.3. The summed E-state index contributed by atoms with van der Waals surface area (Å²) >= 11 is 11.5. The Morgan fingerprint density at radius 1 is 1.41 bits per heavy atom. The van der Waals surface area contributed by atoms with E-state index in [4.69, 9.17) is 11.6 Å². The van der Waals surface area contributed by atoms with E-state index in [1.807, 2.05) is 11.8 Å². The number of nitrogens with zero attached hydrogens (tertiary/aromatic N) is 2. The second kappa shape index (κ2) is 5.89. The summed E-state index contributed by atoms with van der Waals surface area (Å²) in [5, 5.41) is 0.557. The van der Waals surface area contributed by atoms with Gasteiger partial charge >= 0.3 is 0 Å². The fourth-order valence-electron chi connectivity index (χ4n) is 1.56. The maximum absolute atomic E-state index is 6.13. The second-order valence-electron chi connectivity index (χ2n) is 4.81. The minimum absolute atomic E-state index is 0.557. The van der Waals surface area contributed by atoms with Crippen molar-refractivity contribution in [1.82, 2.24) is 9.97 Å². The first-order chi connectivity index (χ1) is 8.08. The molecule has 1 heterocycles. The molecular formula is C12H16BrClN2S. The van der Waals surface area contributed by atoms with Crippen LogP contribution in [-0.2, 0) is 5.75 Å². The van der Waals surface area contributed by atoms with Gasteiger partial charge in [-0.25, -0.2) is 9.97 Å². The van der Waals surface area contributed by atoms with E-state index in [1.165, 1.54) is 12.8 Å². The van der Waals surface area contributed by atoms with Crippen molar-refractivity contribution in [3.05, 3.63) is 21.1 Å². The van der Waals surface area contributed by atoms with E-state index in [9.17, 15) is 0 Å². The van der Waals surface area contributed by atoms with Crippen LogP contribution in [0.1, 0.15) is 44.1 Å². The van der Waals surface area contributed by atoms with Crippen molar-refractivity contribution in [2.45, 2.75) is 38.4 Å². The van der Waals surface area contributed by atoms with Gasteiger partial charge in [0.15, 0.2) is 0 Å². The second-order valence-corrected chi connectivity index (χ2v) is 6.99. The molecule has 0 bridgehead atoms. The third-order valence-electron chi connectivity index (χ3n) is 2.53. The minimum Gasteiger partial charge on any atom is -0.235 e. The Labute approximate surface area is 120 Å². The van der Waals surface area contributed by atoms with Crippen LogP contribution < -0.4 is 0 Å². The molecule has 1 aromatic heterocycles. The van der Waals surface area contributed by atoms with Crippen molar-refractivity contribution in [2.75, 3.05) is 5.75 Å². The van der Waals surface area contributed by atoms with Gasteiger partial charge in [0.1, 0.15) is 11.0 Å². The third kappa shape index (κ3) is 3.83. The Hall–Kier alpha value is 0.200. The highest BCUT2D eigenvalue weighted by Gasteiger charge is 2.29. The molecule has 94 valence electrons. The summed E-state index contributed by atoms with van der Waals surface area (Å²) in [6.07, 6.45) is 2.45. The SMILES string of the molecule is CC(C)CSCc1nc(Cl)c(Br)c(C2CC2)n1. The summed E-state index contributed by atoms with van der Waals surface area (Å²) in [5.41, 5.74) is 1.10. The van der Waals surface area contributed by atoms with Crippen LogP contribution in [0, 0.1) is 5.92 Å². The molecular weight excluding hydrogens is 320 g/mol. The molecule has 0 N–H and O–H groups in total. The van der Waals surface area contributed by atoms with E-state index in [-0.39, 0.29) is 0 Å². The first kappa shape index (κ1) is 13.6. The molecule has 17 heavy (non-hydrogen) atoms. The molecule has 0 radical (unpaired) electrons. The van der Waals surface area contributed by atoms with E-state index in [0.717, 1.165) is 27.5 Å². The molecule has 0 aromatic carbocycles. The first-order valence-corrected chi connectivity index (χ1v) is 8.20. The van der Waals surface area contributed by atoms with Crippen LogP contribution in [0.5, 0.6) is 0 Å². The highest BCUT2D eigenvalue weighted by molar-refractivity contribution is 9.10. The number of thioether (sulfide) groups is 1. The van der Waals surface area contributed by atoms with Gasteiger partial charge in [0.05, 0.1) is 15.9 Å². The largest absolute Gasteiger partial charge is 0.235 e. The molecule has 5 heteroatoms. The molecule has 1 aliphatic carbocycles. The van der Waals surface area contributed by atoms with Crippen LogP contribution in [0.2, 0.25) is 5.15 Å². The van der Waals surface area contributed by atoms with Crippen LogP contribution in [-0.4, -0.2) is 15.7 Å². The number of aromatic nitrogens is 2. The normalized spacial score (nSPS) is 15.6. The topological polar surface area (TPSA) is 25.8 Å². The van der Waals surface area contributed by atoms with Gasteiger partial charge in [0.25, 0.3) is 0 Å². The van der Waals surface area contributed by atoms with Gasteiger partial charge in [0, 0.05) is 5.92 Å².